The Kier molecular flexibility index (Phi) is 6.29. The normalized spacial score (nSPS) is 17.7. The van der Waals surface area contributed by atoms with Gasteiger partial charge in [0, 0.05) is 38.8 Å². The van der Waals surface area contributed by atoms with Crippen LogP contribution in [-0.2, 0) is 0 Å². The molecule has 0 bridgehead atoms. The number of nitrogens with zero attached hydrogens (tertiary/aromatic N) is 1. The Morgan fingerprint density at radius 3 is 2.71 bits per heavy atom. The summed E-state index contributed by atoms with van der Waals surface area (Å²) in [6.45, 7) is 6.35. The van der Waals surface area contributed by atoms with Gasteiger partial charge >= 0.3 is 0 Å². The zero-order valence-electron chi connectivity index (χ0n) is 12.3. The lowest BCUT2D eigenvalue weighted by Gasteiger charge is -2.35. The summed E-state index contributed by atoms with van der Waals surface area (Å²) in [6, 6.07) is 3.93. The Balaban J connectivity index is 2.30. The van der Waals surface area contributed by atoms with Crippen molar-refractivity contribution >= 4 is 15.9 Å². The van der Waals surface area contributed by atoms with Gasteiger partial charge in [-0.05, 0) is 47.0 Å². The second kappa shape index (κ2) is 7.98. The number of ether oxygens (including phenoxy) is 1. The number of hydrogen-bond donors (Lipinski definition) is 3. The zero-order valence-corrected chi connectivity index (χ0v) is 13.9. The van der Waals surface area contributed by atoms with E-state index < -0.39 is 0 Å². The van der Waals surface area contributed by atoms with E-state index in [2.05, 4.69) is 26.1 Å². The van der Waals surface area contributed by atoms with Crippen LogP contribution >= 0.6 is 15.9 Å². The minimum Gasteiger partial charge on any atom is -0.503 e. The first-order valence-electron chi connectivity index (χ1n) is 7.38. The van der Waals surface area contributed by atoms with Crippen LogP contribution in [0.25, 0.3) is 0 Å². The Morgan fingerprint density at radius 1 is 1.38 bits per heavy atom. The number of aromatic hydroxyl groups is 1. The molecule has 3 N–H and O–H groups in total. The number of hydrogen-bond acceptors (Lipinski definition) is 5. The van der Waals surface area contributed by atoms with Crippen LogP contribution in [0.5, 0.6) is 11.5 Å². The summed E-state index contributed by atoms with van der Waals surface area (Å²) in [5.74, 6) is 0.614. The molecule has 0 saturated carbocycles. The van der Waals surface area contributed by atoms with Gasteiger partial charge in [0.2, 0.25) is 0 Å². The number of phenols is 1. The average molecular weight is 359 g/mol. The molecule has 6 heteroatoms. The predicted octanol–water partition coefficient (Wildman–Crippen LogP) is 1.88. The lowest BCUT2D eigenvalue weighted by atomic mass is 10.0. The van der Waals surface area contributed by atoms with Gasteiger partial charge in [-0.15, -0.1) is 0 Å². The maximum absolute atomic E-state index is 10.0. The van der Waals surface area contributed by atoms with Gasteiger partial charge in [0.15, 0.2) is 11.5 Å². The second-order valence-corrected chi connectivity index (χ2v) is 5.95. The molecule has 1 aromatic rings. The average Bonchev–Trinajstić information content (AvgIpc) is 2.50. The van der Waals surface area contributed by atoms with Gasteiger partial charge in [-0.25, -0.2) is 0 Å². The van der Waals surface area contributed by atoms with Gasteiger partial charge in [0.1, 0.15) is 0 Å². The van der Waals surface area contributed by atoms with E-state index in [1.54, 1.807) is 0 Å². The molecule has 5 nitrogen and oxygen atoms in total. The zero-order chi connectivity index (χ0) is 15.2. The van der Waals surface area contributed by atoms with E-state index in [0.29, 0.717) is 23.2 Å². The third kappa shape index (κ3) is 4.10. The molecule has 1 aromatic carbocycles. The molecule has 1 heterocycles. The largest absolute Gasteiger partial charge is 0.503 e. The van der Waals surface area contributed by atoms with Gasteiger partial charge < -0.3 is 20.3 Å². The van der Waals surface area contributed by atoms with Gasteiger partial charge in [-0.1, -0.05) is 0 Å². The molecular weight excluding hydrogens is 336 g/mol. The van der Waals surface area contributed by atoms with Crippen molar-refractivity contribution in [2.45, 2.75) is 19.4 Å². The van der Waals surface area contributed by atoms with Crippen molar-refractivity contribution in [1.82, 2.24) is 10.2 Å². The molecule has 2 rings (SSSR count). The number of aliphatic hydroxyl groups is 1. The van der Waals surface area contributed by atoms with Crippen LogP contribution in [0, 0.1) is 0 Å². The Morgan fingerprint density at radius 2 is 2.10 bits per heavy atom. The van der Waals surface area contributed by atoms with Crippen molar-refractivity contribution < 1.29 is 14.9 Å². The summed E-state index contributed by atoms with van der Waals surface area (Å²) in [6.07, 6.45) is 0.669. The molecule has 118 valence electrons. The SMILES string of the molecule is CCOc1cc([C@H](CCO)N2CCNCC2)cc(Br)c1O. The van der Waals surface area contributed by atoms with Crippen LogP contribution in [0.4, 0.5) is 0 Å². The lowest BCUT2D eigenvalue weighted by Crippen LogP contribution is -2.45. The molecule has 21 heavy (non-hydrogen) atoms. The number of rotatable bonds is 6. The summed E-state index contributed by atoms with van der Waals surface area (Å²) >= 11 is 3.39. The van der Waals surface area contributed by atoms with Gasteiger partial charge in [-0.3, -0.25) is 4.90 Å². The molecular formula is C15H23BrN2O3. The maximum Gasteiger partial charge on any atom is 0.172 e. The molecule has 1 aliphatic rings. The van der Waals surface area contributed by atoms with Gasteiger partial charge in [-0.2, -0.15) is 0 Å². The predicted molar refractivity (Wildman–Crippen MR) is 85.9 cm³/mol. The fourth-order valence-corrected chi connectivity index (χ4v) is 3.19. The first-order valence-corrected chi connectivity index (χ1v) is 8.17. The fourth-order valence-electron chi connectivity index (χ4n) is 2.73. The third-order valence-electron chi connectivity index (χ3n) is 3.73. The minimum absolute atomic E-state index is 0.128. The molecule has 1 saturated heterocycles. The molecule has 0 aliphatic carbocycles. The highest BCUT2D eigenvalue weighted by molar-refractivity contribution is 9.10. The Labute approximate surface area is 134 Å². The molecule has 0 radical (unpaired) electrons. The van der Waals surface area contributed by atoms with Gasteiger partial charge in [0.25, 0.3) is 0 Å². The number of piperazine rings is 1. The standard InChI is InChI=1S/C15H23BrN2O3/c1-2-21-14-10-11(9-12(16)15(14)20)13(3-8-19)18-6-4-17-5-7-18/h9-10,13,17,19-20H,2-8H2,1H3/t13-/m0/s1. The summed E-state index contributed by atoms with van der Waals surface area (Å²) in [5.41, 5.74) is 1.05. The molecule has 0 spiro atoms. The van der Waals surface area contributed by atoms with E-state index in [4.69, 9.17) is 4.74 Å². The molecule has 0 unspecified atom stereocenters. The summed E-state index contributed by atoms with van der Waals surface area (Å²) in [5, 5.41) is 22.8. The highest BCUT2D eigenvalue weighted by Gasteiger charge is 2.23. The summed E-state index contributed by atoms with van der Waals surface area (Å²) in [7, 11) is 0. The first-order chi connectivity index (χ1) is 10.2. The number of phenolic OH excluding ortho intramolecular Hbond substituents is 1. The Hall–Kier alpha value is -0.820. The smallest absolute Gasteiger partial charge is 0.172 e. The van der Waals surface area contributed by atoms with E-state index >= 15 is 0 Å². The van der Waals surface area contributed by atoms with Crippen molar-refractivity contribution in [2.75, 3.05) is 39.4 Å². The molecule has 0 aromatic heterocycles. The number of benzene rings is 1. The molecule has 1 fully saturated rings. The summed E-state index contributed by atoms with van der Waals surface area (Å²) < 4.78 is 6.13. The van der Waals surface area contributed by atoms with Crippen LogP contribution in [0.15, 0.2) is 16.6 Å². The lowest BCUT2D eigenvalue weighted by molar-refractivity contribution is 0.141. The second-order valence-electron chi connectivity index (χ2n) is 5.10. The van der Waals surface area contributed by atoms with E-state index in [-0.39, 0.29) is 18.4 Å². The van der Waals surface area contributed by atoms with E-state index in [0.717, 1.165) is 31.7 Å². The minimum atomic E-state index is 0.128. The quantitative estimate of drug-likeness (QED) is 0.724. The van der Waals surface area contributed by atoms with Crippen molar-refractivity contribution in [3.63, 3.8) is 0 Å². The van der Waals surface area contributed by atoms with Crippen LogP contribution < -0.4 is 10.1 Å². The number of halogens is 1. The van der Waals surface area contributed by atoms with Crippen LogP contribution in [-0.4, -0.2) is 54.5 Å². The number of aliphatic hydroxyl groups excluding tert-OH is 1. The van der Waals surface area contributed by atoms with Crippen LogP contribution in [0.3, 0.4) is 0 Å². The van der Waals surface area contributed by atoms with Crippen molar-refractivity contribution in [1.29, 1.82) is 0 Å². The van der Waals surface area contributed by atoms with E-state index in [9.17, 15) is 10.2 Å². The molecule has 1 aliphatic heterocycles. The molecule has 0 amide bonds. The number of nitrogens with one attached hydrogen (secondary N) is 1. The topological polar surface area (TPSA) is 65.0 Å². The van der Waals surface area contributed by atoms with E-state index in [1.807, 2.05) is 19.1 Å². The Bertz CT molecular complexity index is 464. The highest BCUT2D eigenvalue weighted by Crippen LogP contribution is 2.39. The molecule has 1 atom stereocenters. The monoisotopic (exact) mass is 358 g/mol. The van der Waals surface area contributed by atoms with Crippen LogP contribution in [0.1, 0.15) is 24.9 Å². The van der Waals surface area contributed by atoms with Crippen molar-refractivity contribution in [2.24, 2.45) is 0 Å². The third-order valence-corrected chi connectivity index (χ3v) is 4.33. The maximum atomic E-state index is 10.0. The van der Waals surface area contributed by atoms with Gasteiger partial charge in [0.05, 0.1) is 11.1 Å². The fraction of sp³-hybridized carbons (Fsp3) is 0.600. The van der Waals surface area contributed by atoms with Crippen molar-refractivity contribution in [3.05, 3.63) is 22.2 Å². The van der Waals surface area contributed by atoms with E-state index in [1.165, 1.54) is 0 Å². The van der Waals surface area contributed by atoms with Crippen LogP contribution in [0.2, 0.25) is 0 Å². The highest BCUT2D eigenvalue weighted by atomic mass is 79.9. The summed E-state index contributed by atoms with van der Waals surface area (Å²) in [4.78, 5) is 2.36. The first kappa shape index (κ1) is 16.5. The van der Waals surface area contributed by atoms with Crippen molar-refractivity contribution in [3.8, 4) is 11.5 Å².